The van der Waals surface area contributed by atoms with E-state index in [9.17, 15) is 4.79 Å². The molecule has 1 aliphatic carbocycles. The summed E-state index contributed by atoms with van der Waals surface area (Å²) in [5.41, 5.74) is 13.3. The standard InChI is InChI=1S/C25H18.C15H16.C13H12.C3H6O.6C2H6/c1-3-11-19(12-4-1)25(20-13-5-2-6-14-20)23-17-9-7-15-21(23)22-16-8-10-18-24(22)25;1-15(2,13-9-5-3-6-10-13)14-11-7-4-8-12-14;1-3-7-12(8-4-1)11-13-9-5-2-6-10-13;1-3(2)4;6*1-2/h1-18H;3-12H,1-2H3;1-10H,11H2;1-2H3;6*1-2H3. The van der Waals surface area contributed by atoms with Gasteiger partial charge in [-0.15, -0.1) is 0 Å². The zero-order chi connectivity index (χ0) is 51.9. The van der Waals surface area contributed by atoms with Gasteiger partial charge in [-0.1, -0.05) is 327 Å². The van der Waals surface area contributed by atoms with Gasteiger partial charge in [0, 0.05) is 5.41 Å². The van der Waals surface area contributed by atoms with Crippen molar-refractivity contribution in [1.29, 1.82) is 0 Å². The number of Topliss-reactive ketones (excluding diaryl/α,β-unsaturated/α-hetero) is 1. The second-order valence-electron chi connectivity index (χ2n) is 15.0. The van der Waals surface area contributed by atoms with Gasteiger partial charge in [-0.25, -0.2) is 0 Å². The van der Waals surface area contributed by atoms with E-state index in [1.54, 1.807) is 0 Å². The average Bonchev–Trinajstić information content (AvgIpc) is 3.75. The van der Waals surface area contributed by atoms with Crippen molar-refractivity contribution in [2.45, 2.75) is 128 Å². The molecule has 8 aromatic rings. The van der Waals surface area contributed by atoms with Gasteiger partial charge in [-0.05, 0) is 75.9 Å². The summed E-state index contributed by atoms with van der Waals surface area (Å²) in [5.74, 6) is 0.167. The molecule has 0 N–H and O–H groups in total. The number of carbonyl (C=O) groups excluding carboxylic acids is 1. The average molecular weight is 921 g/mol. The topological polar surface area (TPSA) is 17.1 Å². The number of rotatable bonds is 6. The van der Waals surface area contributed by atoms with Gasteiger partial charge in [0.05, 0.1) is 5.41 Å². The van der Waals surface area contributed by atoms with E-state index in [1.807, 2.05) is 83.1 Å². The van der Waals surface area contributed by atoms with Crippen LogP contribution in [0.25, 0.3) is 11.1 Å². The zero-order valence-electron chi connectivity index (χ0n) is 45.6. The Balaban J connectivity index is 0.000000912. The number of hydrogen-bond donors (Lipinski definition) is 0. The number of carbonyl (C=O) groups is 1. The predicted molar refractivity (Wildman–Crippen MR) is 309 cm³/mol. The summed E-state index contributed by atoms with van der Waals surface area (Å²) in [4.78, 5) is 9.44. The Morgan fingerprint density at radius 3 is 0.826 bits per heavy atom. The third-order valence-corrected chi connectivity index (χ3v) is 10.5. The molecule has 0 aliphatic heterocycles. The van der Waals surface area contributed by atoms with Crippen molar-refractivity contribution in [2.75, 3.05) is 0 Å². The molecule has 0 bridgehead atoms. The smallest absolute Gasteiger partial charge is 0.126 e. The van der Waals surface area contributed by atoms with E-state index < -0.39 is 0 Å². The van der Waals surface area contributed by atoms with E-state index in [1.165, 1.54) is 69.5 Å². The van der Waals surface area contributed by atoms with Crippen molar-refractivity contribution < 1.29 is 4.79 Å². The molecule has 366 valence electrons. The van der Waals surface area contributed by atoms with E-state index in [2.05, 4.69) is 244 Å². The zero-order valence-corrected chi connectivity index (χ0v) is 45.6. The molecule has 69 heavy (non-hydrogen) atoms. The number of fused-ring (bicyclic) bond motifs is 3. The Morgan fingerprint density at radius 2 is 0.551 bits per heavy atom. The molecule has 0 saturated carbocycles. The van der Waals surface area contributed by atoms with Crippen molar-refractivity contribution in [1.82, 2.24) is 0 Å². The van der Waals surface area contributed by atoms with Crippen molar-refractivity contribution in [3.63, 3.8) is 0 Å². The monoisotopic (exact) mass is 921 g/mol. The van der Waals surface area contributed by atoms with Crippen LogP contribution in [0.5, 0.6) is 0 Å². The molecular formula is C68H88O. The lowest BCUT2D eigenvalue weighted by Crippen LogP contribution is -2.28. The Morgan fingerprint density at radius 1 is 0.333 bits per heavy atom. The fourth-order valence-electron chi connectivity index (χ4n) is 7.70. The first-order valence-electron chi connectivity index (χ1n) is 25.8. The van der Waals surface area contributed by atoms with E-state index in [4.69, 9.17) is 0 Å². The summed E-state index contributed by atoms with van der Waals surface area (Å²) >= 11 is 0. The molecule has 0 unspecified atom stereocenters. The van der Waals surface area contributed by atoms with Crippen molar-refractivity contribution in [2.24, 2.45) is 0 Å². The summed E-state index contributed by atoms with van der Waals surface area (Å²) < 4.78 is 0. The lowest BCUT2D eigenvalue weighted by molar-refractivity contribution is -0.115. The third kappa shape index (κ3) is 18.8. The van der Waals surface area contributed by atoms with Gasteiger partial charge in [-0.3, -0.25) is 0 Å². The molecule has 8 aromatic carbocycles. The molecule has 0 spiro atoms. The van der Waals surface area contributed by atoms with E-state index in [-0.39, 0.29) is 16.6 Å². The van der Waals surface area contributed by atoms with Crippen molar-refractivity contribution >= 4 is 5.78 Å². The first-order chi connectivity index (χ1) is 33.8. The lowest BCUT2D eigenvalue weighted by Gasteiger charge is -2.33. The highest BCUT2D eigenvalue weighted by atomic mass is 16.1. The summed E-state index contributed by atoms with van der Waals surface area (Å²) in [6, 6.07) is 81.8. The number of benzene rings is 8. The van der Waals surface area contributed by atoms with Crippen LogP contribution in [-0.4, -0.2) is 5.78 Å². The summed E-state index contributed by atoms with van der Waals surface area (Å²) in [5, 5.41) is 0. The van der Waals surface area contributed by atoms with Crippen LogP contribution in [-0.2, 0) is 22.0 Å². The quantitative estimate of drug-likeness (QED) is 0.162. The minimum Gasteiger partial charge on any atom is -0.300 e. The molecule has 1 nitrogen and oxygen atoms in total. The minimum atomic E-state index is -0.254. The first kappa shape index (κ1) is 62.4. The second-order valence-corrected chi connectivity index (χ2v) is 15.0. The summed E-state index contributed by atoms with van der Waals surface area (Å²) in [6.07, 6.45) is 1.03. The van der Waals surface area contributed by atoms with Crippen LogP contribution >= 0.6 is 0 Å². The van der Waals surface area contributed by atoms with Gasteiger partial charge in [0.15, 0.2) is 0 Å². The Kier molecular flexibility index (Phi) is 33.9. The van der Waals surface area contributed by atoms with E-state index in [0.29, 0.717) is 0 Å². The van der Waals surface area contributed by atoms with Crippen LogP contribution in [0.3, 0.4) is 0 Å². The second kappa shape index (κ2) is 37.4. The van der Waals surface area contributed by atoms with E-state index in [0.717, 1.165) is 6.42 Å². The summed E-state index contributed by atoms with van der Waals surface area (Å²) in [7, 11) is 0. The summed E-state index contributed by atoms with van der Waals surface area (Å²) in [6.45, 7) is 31.6. The van der Waals surface area contributed by atoms with Gasteiger partial charge in [0.1, 0.15) is 5.78 Å². The maximum absolute atomic E-state index is 9.44. The Bertz CT molecular complexity index is 2230. The predicted octanol–water partition coefficient (Wildman–Crippen LogP) is 20.1. The van der Waals surface area contributed by atoms with Gasteiger partial charge < -0.3 is 4.79 Å². The van der Waals surface area contributed by atoms with E-state index >= 15 is 0 Å². The first-order valence-corrected chi connectivity index (χ1v) is 25.8. The van der Waals surface area contributed by atoms with Gasteiger partial charge in [0.2, 0.25) is 0 Å². The molecule has 0 saturated heterocycles. The molecule has 0 heterocycles. The third-order valence-electron chi connectivity index (χ3n) is 10.5. The van der Waals surface area contributed by atoms with Gasteiger partial charge in [-0.2, -0.15) is 0 Å². The fourth-order valence-corrected chi connectivity index (χ4v) is 7.70. The number of hydrogen-bond acceptors (Lipinski definition) is 1. The maximum atomic E-state index is 9.44. The van der Waals surface area contributed by atoms with Crippen LogP contribution in [0.2, 0.25) is 0 Å². The lowest BCUT2D eigenvalue weighted by atomic mass is 9.68. The van der Waals surface area contributed by atoms with Crippen LogP contribution in [0.15, 0.2) is 231 Å². The highest BCUT2D eigenvalue weighted by Crippen LogP contribution is 2.55. The molecule has 9 rings (SSSR count). The molecular weight excluding hydrogens is 833 g/mol. The normalized spacial score (nSPS) is 10.3. The van der Waals surface area contributed by atoms with Gasteiger partial charge >= 0.3 is 0 Å². The number of ketones is 1. The SMILES string of the molecule is CC.CC.CC.CC.CC.CC.CC(C)(c1ccccc1)c1ccccc1.CC(C)=O.c1ccc(C2(c3ccccc3)c3ccccc3-c3ccccc32)cc1.c1ccc(Cc2ccccc2)cc1. The van der Waals surface area contributed by atoms with Crippen LogP contribution in [0.4, 0.5) is 0 Å². The molecule has 1 heteroatoms. The molecule has 0 aromatic heterocycles. The van der Waals surface area contributed by atoms with Crippen molar-refractivity contribution in [3.8, 4) is 11.1 Å². The minimum absolute atomic E-state index is 0.0858. The van der Waals surface area contributed by atoms with Crippen molar-refractivity contribution in [3.05, 3.63) is 275 Å². The largest absolute Gasteiger partial charge is 0.300 e. The fraction of sp³-hybridized carbons (Fsp3) is 0.279. The Hall–Kier alpha value is -6.57. The molecule has 0 amide bonds. The molecule has 0 atom stereocenters. The molecule has 0 radical (unpaired) electrons. The van der Waals surface area contributed by atoms with Crippen LogP contribution in [0, 0.1) is 0 Å². The Labute approximate surface area is 422 Å². The van der Waals surface area contributed by atoms with Gasteiger partial charge in [0.25, 0.3) is 0 Å². The maximum Gasteiger partial charge on any atom is 0.126 e. The molecule has 1 aliphatic rings. The molecule has 0 fully saturated rings. The highest BCUT2D eigenvalue weighted by molar-refractivity contribution is 5.86. The highest BCUT2D eigenvalue weighted by Gasteiger charge is 2.45. The van der Waals surface area contributed by atoms with Crippen LogP contribution in [0.1, 0.15) is 155 Å². The van der Waals surface area contributed by atoms with Crippen LogP contribution < -0.4 is 0 Å².